The summed E-state index contributed by atoms with van der Waals surface area (Å²) in [5, 5.41) is 21.5. The van der Waals surface area contributed by atoms with Crippen LogP contribution in [0.5, 0.6) is 0 Å². The highest BCUT2D eigenvalue weighted by atomic mass is 16.3. The molecule has 0 saturated carbocycles. The van der Waals surface area contributed by atoms with E-state index in [4.69, 9.17) is 0 Å². The molecule has 0 bridgehead atoms. The van der Waals surface area contributed by atoms with Crippen LogP contribution in [0.3, 0.4) is 0 Å². The van der Waals surface area contributed by atoms with Gasteiger partial charge in [-0.2, -0.15) is 15.3 Å². The van der Waals surface area contributed by atoms with Gasteiger partial charge in [-0.25, -0.2) is 0 Å². The normalized spacial score (nSPS) is 12.7. The van der Waals surface area contributed by atoms with Crippen LogP contribution < -0.4 is 0 Å². The summed E-state index contributed by atoms with van der Waals surface area (Å²) in [7, 11) is 0. The standard InChI is InChI=1S/C10H12N4O/c1-2-14-7-9(6-13-14)10(15)8-3-4-11-12-5-8/h3-7,10,15H,2H2,1H3. The lowest BCUT2D eigenvalue weighted by molar-refractivity contribution is 0.219. The molecular formula is C10H12N4O. The number of rotatable bonds is 3. The zero-order valence-electron chi connectivity index (χ0n) is 8.41. The average molecular weight is 204 g/mol. The van der Waals surface area contributed by atoms with Crippen molar-refractivity contribution in [1.82, 2.24) is 20.0 Å². The maximum atomic E-state index is 9.98. The summed E-state index contributed by atoms with van der Waals surface area (Å²) in [4.78, 5) is 0. The molecule has 5 nitrogen and oxygen atoms in total. The number of nitrogens with zero attached hydrogens (tertiary/aromatic N) is 4. The zero-order chi connectivity index (χ0) is 10.7. The van der Waals surface area contributed by atoms with Crippen LogP contribution >= 0.6 is 0 Å². The molecule has 0 aliphatic rings. The van der Waals surface area contributed by atoms with Gasteiger partial charge >= 0.3 is 0 Å². The molecule has 0 radical (unpaired) electrons. The van der Waals surface area contributed by atoms with Gasteiger partial charge in [0.2, 0.25) is 0 Å². The lowest BCUT2D eigenvalue weighted by Gasteiger charge is -2.06. The van der Waals surface area contributed by atoms with E-state index >= 15 is 0 Å². The Hall–Kier alpha value is -1.75. The smallest absolute Gasteiger partial charge is 0.109 e. The van der Waals surface area contributed by atoms with Crippen molar-refractivity contribution in [2.45, 2.75) is 19.6 Å². The summed E-state index contributed by atoms with van der Waals surface area (Å²) in [6.07, 6.45) is 5.91. The Morgan fingerprint density at radius 1 is 1.33 bits per heavy atom. The van der Waals surface area contributed by atoms with Gasteiger partial charge in [0, 0.05) is 30.1 Å². The van der Waals surface area contributed by atoms with Crippen molar-refractivity contribution >= 4 is 0 Å². The van der Waals surface area contributed by atoms with Crippen LogP contribution in [0.1, 0.15) is 24.2 Å². The lowest BCUT2D eigenvalue weighted by Crippen LogP contribution is -1.99. The third kappa shape index (κ3) is 2.02. The van der Waals surface area contributed by atoms with Crippen LogP contribution in [0.25, 0.3) is 0 Å². The van der Waals surface area contributed by atoms with E-state index in [0.29, 0.717) is 0 Å². The molecule has 2 rings (SSSR count). The van der Waals surface area contributed by atoms with Gasteiger partial charge in [0.1, 0.15) is 6.10 Å². The van der Waals surface area contributed by atoms with Crippen molar-refractivity contribution in [3.8, 4) is 0 Å². The van der Waals surface area contributed by atoms with E-state index in [0.717, 1.165) is 17.7 Å². The largest absolute Gasteiger partial charge is 0.383 e. The Morgan fingerprint density at radius 2 is 2.20 bits per heavy atom. The molecular weight excluding hydrogens is 192 g/mol. The second-order valence-corrected chi connectivity index (χ2v) is 3.21. The molecule has 0 aliphatic carbocycles. The summed E-state index contributed by atoms with van der Waals surface area (Å²) in [5.74, 6) is 0. The first kappa shape index (κ1) is 9.79. The second kappa shape index (κ2) is 4.18. The lowest BCUT2D eigenvalue weighted by atomic mass is 10.1. The minimum Gasteiger partial charge on any atom is -0.383 e. The van der Waals surface area contributed by atoms with E-state index in [2.05, 4.69) is 15.3 Å². The number of aryl methyl sites for hydroxylation is 1. The summed E-state index contributed by atoms with van der Waals surface area (Å²) in [6.45, 7) is 2.79. The molecule has 1 N–H and O–H groups in total. The molecule has 0 saturated heterocycles. The first-order valence-corrected chi connectivity index (χ1v) is 4.78. The summed E-state index contributed by atoms with van der Waals surface area (Å²) < 4.78 is 1.77. The van der Waals surface area contributed by atoms with Gasteiger partial charge in [-0.05, 0) is 13.0 Å². The molecule has 1 unspecified atom stereocenters. The molecule has 0 aliphatic heterocycles. The molecule has 5 heteroatoms. The van der Waals surface area contributed by atoms with Gasteiger partial charge < -0.3 is 5.11 Å². The van der Waals surface area contributed by atoms with Crippen LogP contribution in [0, 0.1) is 0 Å². The molecule has 2 aromatic heterocycles. The minimum atomic E-state index is -0.680. The van der Waals surface area contributed by atoms with E-state index in [-0.39, 0.29) is 0 Å². The highest BCUT2D eigenvalue weighted by molar-refractivity contribution is 5.22. The van der Waals surface area contributed by atoms with Gasteiger partial charge in [0.25, 0.3) is 0 Å². The van der Waals surface area contributed by atoms with Crippen molar-refractivity contribution in [2.75, 3.05) is 0 Å². The highest BCUT2D eigenvalue weighted by Gasteiger charge is 2.12. The molecule has 0 aromatic carbocycles. The number of hydrogen-bond acceptors (Lipinski definition) is 4. The van der Waals surface area contributed by atoms with E-state index < -0.39 is 6.10 Å². The molecule has 78 valence electrons. The van der Waals surface area contributed by atoms with Crippen LogP contribution in [-0.4, -0.2) is 25.1 Å². The summed E-state index contributed by atoms with van der Waals surface area (Å²) in [5.41, 5.74) is 1.49. The van der Waals surface area contributed by atoms with Gasteiger partial charge in [0.15, 0.2) is 0 Å². The zero-order valence-corrected chi connectivity index (χ0v) is 8.41. The van der Waals surface area contributed by atoms with Crippen molar-refractivity contribution < 1.29 is 5.11 Å². The SMILES string of the molecule is CCn1cc(C(O)c2ccnnc2)cn1. The Balaban J connectivity index is 2.24. The Labute approximate surface area is 87.4 Å². The monoisotopic (exact) mass is 204 g/mol. The molecule has 0 spiro atoms. The molecule has 1 atom stereocenters. The first-order chi connectivity index (χ1) is 7.31. The Kier molecular flexibility index (Phi) is 2.73. The minimum absolute atomic E-state index is 0.680. The van der Waals surface area contributed by atoms with Crippen molar-refractivity contribution in [3.63, 3.8) is 0 Å². The third-order valence-electron chi connectivity index (χ3n) is 2.22. The molecule has 15 heavy (non-hydrogen) atoms. The quantitative estimate of drug-likeness (QED) is 0.802. The van der Waals surface area contributed by atoms with E-state index in [9.17, 15) is 5.11 Å². The molecule has 2 heterocycles. The maximum absolute atomic E-state index is 9.98. The van der Waals surface area contributed by atoms with Crippen molar-refractivity contribution in [1.29, 1.82) is 0 Å². The molecule has 0 fully saturated rings. The number of aromatic nitrogens is 4. The topological polar surface area (TPSA) is 63.8 Å². The van der Waals surface area contributed by atoms with E-state index in [1.807, 2.05) is 13.1 Å². The number of aliphatic hydroxyl groups excluding tert-OH is 1. The van der Waals surface area contributed by atoms with Crippen LogP contribution in [-0.2, 0) is 6.54 Å². The van der Waals surface area contributed by atoms with Gasteiger partial charge in [0.05, 0.1) is 12.4 Å². The predicted octanol–water partition coefficient (Wildman–Crippen LogP) is 0.775. The van der Waals surface area contributed by atoms with Crippen molar-refractivity contribution in [3.05, 3.63) is 42.0 Å². The van der Waals surface area contributed by atoms with Gasteiger partial charge in [-0.1, -0.05) is 0 Å². The summed E-state index contributed by atoms with van der Waals surface area (Å²) in [6, 6.07) is 1.74. The van der Waals surface area contributed by atoms with Crippen LogP contribution in [0.4, 0.5) is 0 Å². The van der Waals surface area contributed by atoms with Crippen LogP contribution in [0.15, 0.2) is 30.9 Å². The van der Waals surface area contributed by atoms with Crippen LogP contribution in [0.2, 0.25) is 0 Å². The first-order valence-electron chi connectivity index (χ1n) is 4.78. The van der Waals surface area contributed by atoms with Gasteiger partial charge in [-0.15, -0.1) is 0 Å². The fourth-order valence-electron chi connectivity index (χ4n) is 1.35. The van der Waals surface area contributed by atoms with E-state index in [1.54, 1.807) is 29.3 Å². The predicted molar refractivity (Wildman–Crippen MR) is 54.0 cm³/mol. The maximum Gasteiger partial charge on any atom is 0.109 e. The average Bonchev–Trinajstić information content (AvgIpc) is 2.78. The highest BCUT2D eigenvalue weighted by Crippen LogP contribution is 2.19. The Bertz CT molecular complexity index is 426. The van der Waals surface area contributed by atoms with Gasteiger partial charge in [-0.3, -0.25) is 4.68 Å². The van der Waals surface area contributed by atoms with E-state index in [1.165, 1.54) is 0 Å². The molecule has 0 amide bonds. The third-order valence-corrected chi connectivity index (χ3v) is 2.22. The molecule has 2 aromatic rings. The fraction of sp³-hybridized carbons (Fsp3) is 0.300. The number of aliphatic hydroxyl groups is 1. The number of hydrogen-bond donors (Lipinski definition) is 1. The second-order valence-electron chi connectivity index (χ2n) is 3.21. The summed E-state index contributed by atoms with van der Waals surface area (Å²) >= 11 is 0. The van der Waals surface area contributed by atoms with Crippen molar-refractivity contribution in [2.24, 2.45) is 0 Å². The fourth-order valence-corrected chi connectivity index (χ4v) is 1.35. The Morgan fingerprint density at radius 3 is 2.80 bits per heavy atom.